The summed E-state index contributed by atoms with van der Waals surface area (Å²) in [5.41, 5.74) is 2.36. The third-order valence-electron chi connectivity index (χ3n) is 3.66. The number of piperidine rings is 1. The summed E-state index contributed by atoms with van der Waals surface area (Å²) in [6, 6.07) is 9.01. The van der Waals surface area contributed by atoms with E-state index >= 15 is 0 Å². The summed E-state index contributed by atoms with van der Waals surface area (Å²) in [5.74, 6) is 0. The lowest BCUT2D eigenvalue weighted by molar-refractivity contribution is 0.239. The molecule has 0 aromatic heterocycles. The largest absolute Gasteiger partial charge is 0.346 e. The van der Waals surface area contributed by atoms with Crippen LogP contribution in [0.25, 0.3) is 0 Å². The number of hydrogen-bond donors (Lipinski definition) is 1. The van der Waals surface area contributed by atoms with E-state index < -0.39 is 0 Å². The van der Waals surface area contributed by atoms with Crippen molar-refractivity contribution in [2.45, 2.75) is 45.6 Å². The zero-order chi connectivity index (χ0) is 13.0. The van der Waals surface area contributed by atoms with Crippen molar-refractivity contribution in [3.63, 3.8) is 0 Å². The number of benzene rings is 1. The Morgan fingerprint density at radius 2 is 2.06 bits per heavy atom. The highest BCUT2D eigenvalue weighted by Crippen LogP contribution is 2.21. The van der Waals surface area contributed by atoms with Crippen molar-refractivity contribution in [2.75, 3.05) is 11.9 Å². The Morgan fingerprint density at radius 1 is 1.33 bits per heavy atom. The van der Waals surface area contributed by atoms with Crippen LogP contribution >= 0.6 is 12.2 Å². The van der Waals surface area contributed by atoms with Crippen LogP contribution in [-0.2, 0) is 0 Å². The first-order valence-electron chi connectivity index (χ1n) is 6.85. The molecule has 0 saturated carbocycles. The molecule has 1 aromatic carbocycles. The lowest BCUT2D eigenvalue weighted by Gasteiger charge is -2.37. The Hall–Kier alpha value is -1.09. The average molecular weight is 262 g/mol. The maximum Gasteiger partial charge on any atom is 0.173 e. The van der Waals surface area contributed by atoms with Crippen LogP contribution in [0.2, 0.25) is 0 Å². The number of rotatable bonds is 2. The molecule has 1 fully saturated rings. The van der Waals surface area contributed by atoms with Crippen LogP contribution < -0.4 is 5.32 Å². The van der Waals surface area contributed by atoms with Crippen LogP contribution in [-0.4, -0.2) is 22.6 Å². The second-order valence-electron chi connectivity index (χ2n) is 5.05. The van der Waals surface area contributed by atoms with Gasteiger partial charge < -0.3 is 10.2 Å². The highest BCUT2D eigenvalue weighted by atomic mass is 32.1. The monoisotopic (exact) mass is 262 g/mol. The predicted molar refractivity (Wildman–Crippen MR) is 82.0 cm³/mol. The van der Waals surface area contributed by atoms with Gasteiger partial charge in [-0.15, -0.1) is 0 Å². The van der Waals surface area contributed by atoms with E-state index in [1.807, 2.05) is 0 Å². The Morgan fingerprint density at radius 3 is 2.72 bits per heavy atom. The number of nitrogens with zero attached hydrogens (tertiary/aromatic N) is 1. The van der Waals surface area contributed by atoms with E-state index in [1.165, 1.54) is 31.2 Å². The molecule has 1 aromatic rings. The molecule has 1 aliphatic heterocycles. The Balaban J connectivity index is 2.00. The maximum absolute atomic E-state index is 5.55. The molecule has 1 atom stereocenters. The number of hydrogen-bond acceptors (Lipinski definition) is 1. The SMILES string of the molecule is CC[C@@H]1CCCCN1C(=S)Nc1ccc(C)cc1. The standard InChI is InChI=1S/C15H22N2S/c1-3-14-6-4-5-11-17(14)15(18)16-13-9-7-12(2)8-10-13/h7-10,14H,3-6,11H2,1-2H3,(H,16,18)/t14-/m1/s1. The Bertz CT molecular complexity index is 399. The molecule has 1 saturated heterocycles. The first-order chi connectivity index (χ1) is 8.70. The van der Waals surface area contributed by atoms with Gasteiger partial charge in [-0.1, -0.05) is 24.6 Å². The van der Waals surface area contributed by atoms with Gasteiger partial charge in [0.1, 0.15) is 0 Å². The summed E-state index contributed by atoms with van der Waals surface area (Å²) in [5, 5.41) is 4.24. The molecule has 0 radical (unpaired) electrons. The van der Waals surface area contributed by atoms with Crippen molar-refractivity contribution in [3.05, 3.63) is 29.8 Å². The summed E-state index contributed by atoms with van der Waals surface area (Å²) in [6.45, 7) is 5.44. The zero-order valence-electron chi connectivity index (χ0n) is 11.3. The van der Waals surface area contributed by atoms with Crippen LogP contribution in [0.3, 0.4) is 0 Å². The van der Waals surface area contributed by atoms with E-state index in [9.17, 15) is 0 Å². The Kier molecular flexibility index (Phi) is 4.59. The maximum atomic E-state index is 5.55. The second-order valence-corrected chi connectivity index (χ2v) is 5.43. The van der Waals surface area contributed by atoms with Crippen molar-refractivity contribution in [3.8, 4) is 0 Å². The minimum atomic E-state index is 0.615. The minimum Gasteiger partial charge on any atom is -0.346 e. The van der Waals surface area contributed by atoms with Crippen molar-refractivity contribution >= 4 is 23.0 Å². The average Bonchev–Trinajstić information content (AvgIpc) is 2.41. The molecule has 1 N–H and O–H groups in total. The van der Waals surface area contributed by atoms with E-state index in [2.05, 4.69) is 48.3 Å². The Labute approximate surface area is 115 Å². The molecule has 1 heterocycles. The van der Waals surface area contributed by atoms with Crippen molar-refractivity contribution in [1.29, 1.82) is 0 Å². The fraction of sp³-hybridized carbons (Fsp3) is 0.533. The molecule has 0 amide bonds. The van der Waals surface area contributed by atoms with Gasteiger partial charge in [0.05, 0.1) is 0 Å². The molecule has 98 valence electrons. The van der Waals surface area contributed by atoms with Crippen LogP contribution in [0.4, 0.5) is 5.69 Å². The van der Waals surface area contributed by atoms with Crippen LogP contribution in [0.5, 0.6) is 0 Å². The van der Waals surface area contributed by atoms with E-state index in [0.717, 1.165) is 17.3 Å². The van der Waals surface area contributed by atoms with E-state index in [4.69, 9.17) is 12.2 Å². The number of aryl methyl sites for hydroxylation is 1. The fourth-order valence-corrected chi connectivity index (χ4v) is 2.88. The van der Waals surface area contributed by atoms with Gasteiger partial charge in [-0.2, -0.15) is 0 Å². The fourth-order valence-electron chi connectivity index (χ4n) is 2.52. The molecule has 2 nitrogen and oxygen atoms in total. The normalized spacial score (nSPS) is 19.7. The lowest BCUT2D eigenvalue weighted by Crippen LogP contribution is -2.45. The number of likely N-dealkylation sites (tertiary alicyclic amines) is 1. The summed E-state index contributed by atoms with van der Waals surface area (Å²) >= 11 is 5.55. The number of nitrogens with one attached hydrogen (secondary N) is 1. The van der Waals surface area contributed by atoms with Gasteiger partial charge in [-0.05, 0) is 57.0 Å². The third kappa shape index (κ3) is 3.22. The molecule has 18 heavy (non-hydrogen) atoms. The molecular formula is C15H22N2S. The lowest BCUT2D eigenvalue weighted by atomic mass is 10.0. The minimum absolute atomic E-state index is 0.615. The molecule has 0 bridgehead atoms. The van der Waals surface area contributed by atoms with Crippen molar-refractivity contribution < 1.29 is 0 Å². The van der Waals surface area contributed by atoms with Crippen LogP contribution in [0, 0.1) is 6.92 Å². The van der Waals surface area contributed by atoms with Gasteiger partial charge >= 0.3 is 0 Å². The molecule has 0 aliphatic carbocycles. The highest BCUT2D eigenvalue weighted by Gasteiger charge is 2.22. The van der Waals surface area contributed by atoms with Gasteiger partial charge in [0.15, 0.2) is 5.11 Å². The van der Waals surface area contributed by atoms with Gasteiger partial charge in [-0.25, -0.2) is 0 Å². The number of thiocarbonyl (C=S) groups is 1. The summed E-state index contributed by atoms with van der Waals surface area (Å²) < 4.78 is 0. The molecule has 3 heteroatoms. The molecule has 1 aliphatic rings. The van der Waals surface area contributed by atoms with Crippen molar-refractivity contribution in [1.82, 2.24) is 4.90 Å². The molecule has 0 spiro atoms. The smallest absolute Gasteiger partial charge is 0.173 e. The van der Waals surface area contributed by atoms with Gasteiger partial charge in [0, 0.05) is 18.3 Å². The summed E-state index contributed by atoms with van der Waals surface area (Å²) in [7, 11) is 0. The van der Waals surface area contributed by atoms with E-state index in [0.29, 0.717) is 6.04 Å². The van der Waals surface area contributed by atoms with Gasteiger partial charge in [0.2, 0.25) is 0 Å². The second kappa shape index (κ2) is 6.19. The van der Waals surface area contributed by atoms with E-state index in [1.54, 1.807) is 0 Å². The number of anilines is 1. The van der Waals surface area contributed by atoms with Crippen LogP contribution in [0.1, 0.15) is 38.2 Å². The highest BCUT2D eigenvalue weighted by molar-refractivity contribution is 7.80. The first kappa shape index (κ1) is 13.3. The van der Waals surface area contributed by atoms with Crippen LogP contribution in [0.15, 0.2) is 24.3 Å². The molecule has 2 rings (SSSR count). The predicted octanol–water partition coefficient (Wildman–Crippen LogP) is 3.96. The summed E-state index contributed by atoms with van der Waals surface area (Å²) in [4.78, 5) is 2.36. The van der Waals surface area contributed by atoms with Gasteiger partial charge in [-0.3, -0.25) is 0 Å². The third-order valence-corrected chi connectivity index (χ3v) is 4.00. The topological polar surface area (TPSA) is 15.3 Å². The summed E-state index contributed by atoms with van der Waals surface area (Å²) in [6.07, 6.45) is 5.04. The first-order valence-corrected chi connectivity index (χ1v) is 7.26. The van der Waals surface area contributed by atoms with E-state index in [-0.39, 0.29) is 0 Å². The quantitative estimate of drug-likeness (QED) is 0.812. The van der Waals surface area contributed by atoms with Gasteiger partial charge in [0.25, 0.3) is 0 Å². The van der Waals surface area contributed by atoms with Crippen molar-refractivity contribution in [2.24, 2.45) is 0 Å². The molecule has 0 unspecified atom stereocenters. The zero-order valence-corrected chi connectivity index (χ0v) is 12.1. The molecular weight excluding hydrogens is 240 g/mol.